The summed E-state index contributed by atoms with van der Waals surface area (Å²) in [7, 11) is 0.751. The molecule has 1 heterocycles. The van der Waals surface area contributed by atoms with E-state index in [1.54, 1.807) is 4.21 Å². The molecule has 0 atom stereocenters. The third-order valence-corrected chi connectivity index (χ3v) is 11.0. The van der Waals surface area contributed by atoms with Crippen LogP contribution < -0.4 is 0 Å². The van der Waals surface area contributed by atoms with Crippen molar-refractivity contribution in [1.29, 1.82) is 0 Å². The van der Waals surface area contributed by atoms with Gasteiger partial charge in [0, 0.05) is 9.09 Å². The molecular weight excluding hydrogens is 396 g/mol. The molecule has 0 unspecified atom stereocenters. The van der Waals surface area contributed by atoms with Gasteiger partial charge in [0.15, 0.2) is 0 Å². The van der Waals surface area contributed by atoms with Crippen LogP contribution in [0.3, 0.4) is 0 Å². The predicted octanol–water partition coefficient (Wildman–Crippen LogP) is 8.64. The molecule has 0 spiro atoms. The summed E-state index contributed by atoms with van der Waals surface area (Å²) in [5.41, 5.74) is 0. The fourth-order valence-electron chi connectivity index (χ4n) is 2.77. The van der Waals surface area contributed by atoms with E-state index in [4.69, 9.17) is 4.74 Å². The average Bonchev–Trinajstić information content (AvgIpc) is 3.24. The van der Waals surface area contributed by atoms with Gasteiger partial charge < -0.3 is 4.74 Å². The summed E-state index contributed by atoms with van der Waals surface area (Å²) >= 11 is 1.87. The van der Waals surface area contributed by atoms with Crippen LogP contribution in [0.15, 0.2) is 28.5 Å². The Morgan fingerprint density at radius 3 is 1.72 bits per heavy atom. The summed E-state index contributed by atoms with van der Waals surface area (Å²) in [5.74, 6) is 3.96. The molecule has 0 saturated heterocycles. The molecule has 0 bridgehead atoms. The number of unbranched alkanes of at least 4 members (excludes halogenated alkanes) is 3. The van der Waals surface area contributed by atoms with Gasteiger partial charge in [-0.05, 0) is 62.5 Å². The number of allylic oxidation sites excluding steroid dienone is 2. The molecule has 0 aliphatic rings. The first-order chi connectivity index (χ1) is 14.0. The van der Waals surface area contributed by atoms with Gasteiger partial charge >= 0.3 is 5.97 Å². The van der Waals surface area contributed by atoms with Gasteiger partial charge in [-0.1, -0.05) is 66.0 Å². The molecule has 172 valence electrons. The molecule has 0 amide bonds. The minimum absolute atomic E-state index is 0.130. The van der Waals surface area contributed by atoms with Crippen LogP contribution in [0.2, 0.25) is 0 Å². The fraction of sp³-hybridized carbons (Fsp3) is 0.720. The lowest BCUT2D eigenvalue weighted by Gasteiger charge is -2.40. The van der Waals surface area contributed by atoms with Gasteiger partial charge in [0.25, 0.3) is 0 Å². The van der Waals surface area contributed by atoms with Crippen LogP contribution >= 0.6 is 21.4 Å². The molecule has 0 N–H and O–H groups in total. The van der Waals surface area contributed by atoms with E-state index in [1.165, 1.54) is 62.9 Å². The standard InChI is InChI=1S/C19H34O2S2.C4H8.C2H6/c1-5-8-13-23(14-9-6-2,15-10-7-3)19-12-11-17(22-19)16-18(20)21-4;1-3-4-2;1-2/h11-12H,5-10,13-16H2,1-4H3;3-4H,1-2H3;1-2H3/b;4-3+;. The zero-order valence-corrected chi connectivity index (χ0v) is 22.1. The van der Waals surface area contributed by atoms with Crippen molar-refractivity contribution >= 4 is 27.3 Å². The van der Waals surface area contributed by atoms with E-state index in [0.29, 0.717) is 6.42 Å². The average molecular weight is 445 g/mol. The first-order valence-corrected chi connectivity index (χ1v) is 14.5. The number of ether oxygens (including phenoxy) is 1. The number of carbonyl (C=O) groups is 1. The SMILES string of the molecule is C/C=C/C.CC.CCCCS(CCCC)(CCCC)c1ccc(CC(=O)OC)s1. The monoisotopic (exact) mass is 444 g/mol. The molecule has 1 aromatic rings. The lowest BCUT2D eigenvalue weighted by molar-refractivity contribution is -0.139. The van der Waals surface area contributed by atoms with E-state index in [0.717, 1.165) is 4.88 Å². The zero-order chi connectivity index (χ0) is 22.5. The van der Waals surface area contributed by atoms with Gasteiger partial charge in [-0.15, -0.1) is 11.3 Å². The Morgan fingerprint density at radius 1 is 0.931 bits per heavy atom. The maximum atomic E-state index is 11.5. The van der Waals surface area contributed by atoms with Crippen LogP contribution in [0.1, 0.15) is 91.9 Å². The van der Waals surface area contributed by atoms with Crippen molar-refractivity contribution in [3.05, 3.63) is 29.2 Å². The number of methoxy groups -OCH3 is 1. The highest BCUT2D eigenvalue weighted by molar-refractivity contribution is 8.34. The number of carbonyl (C=O) groups excluding carboxylic acids is 1. The Balaban J connectivity index is 0. The van der Waals surface area contributed by atoms with Crippen LogP contribution in [0.25, 0.3) is 0 Å². The highest BCUT2D eigenvalue weighted by Gasteiger charge is 2.26. The van der Waals surface area contributed by atoms with E-state index in [1.807, 2.05) is 51.2 Å². The molecule has 0 fully saturated rings. The number of esters is 1. The maximum absolute atomic E-state index is 11.5. The highest BCUT2D eigenvalue weighted by Crippen LogP contribution is 2.60. The van der Waals surface area contributed by atoms with Gasteiger partial charge in [-0.2, -0.15) is 0 Å². The quantitative estimate of drug-likeness (QED) is 0.238. The van der Waals surface area contributed by atoms with E-state index in [2.05, 4.69) is 32.9 Å². The Kier molecular flexibility index (Phi) is 21.6. The van der Waals surface area contributed by atoms with Crippen LogP contribution in [0.5, 0.6) is 0 Å². The zero-order valence-electron chi connectivity index (χ0n) is 20.5. The first kappa shape index (κ1) is 30.5. The van der Waals surface area contributed by atoms with Crippen LogP contribution in [0.4, 0.5) is 0 Å². The van der Waals surface area contributed by atoms with Crippen molar-refractivity contribution in [2.45, 2.75) is 97.6 Å². The van der Waals surface area contributed by atoms with Gasteiger partial charge in [0.2, 0.25) is 0 Å². The summed E-state index contributed by atoms with van der Waals surface area (Å²) in [6, 6.07) is 4.47. The normalized spacial score (nSPS) is 11.3. The van der Waals surface area contributed by atoms with E-state index in [-0.39, 0.29) is 5.97 Å². The van der Waals surface area contributed by atoms with Crippen molar-refractivity contribution < 1.29 is 9.53 Å². The Morgan fingerprint density at radius 2 is 1.38 bits per heavy atom. The fourth-order valence-corrected chi connectivity index (χ4v) is 9.37. The summed E-state index contributed by atoms with van der Waals surface area (Å²) < 4.78 is 6.39. The molecule has 0 aromatic carbocycles. The molecule has 0 aliphatic carbocycles. The number of hydrogen-bond donors (Lipinski definition) is 0. The number of rotatable bonds is 12. The summed E-state index contributed by atoms with van der Waals surface area (Å²) in [5, 5.41) is 0. The predicted molar refractivity (Wildman–Crippen MR) is 137 cm³/mol. The molecule has 2 nitrogen and oxygen atoms in total. The highest BCUT2D eigenvalue weighted by atomic mass is 32.3. The smallest absolute Gasteiger partial charge is 0.310 e. The Hall–Kier alpha value is -0.740. The van der Waals surface area contributed by atoms with Gasteiger partial charge in [-0.25, -0.2) is 10.0 Å². The van der Waals surface area contributed by atoms with Gasteiger partial charge in [0.05, 0.1) is 13.5 Å². The number of thiophene rings is 1. The molecular formula is C25H48O2S2. The molecule has 29 heavy (non-hydrogen) atoms. The van der Waals surface area contributed by atoms with Crippen molar-refractivity contribution in [2.24, 2.45) is 0 Å². The second-order valence-corrected chi connectivity index (χ2v) is 12.0. The van der Waals surface area contributed by atoms with Crippen molar-refractivity contribution in [3.63, 3.8) is 0 Å². The Labute approximate surface area is 187 Å². The molecule has 0 aliphatic heterocycles. The second-order valence-electron chi connectivity index (χ2n) is 6.86. The van der Waals surface area contributed by atoms with Crippen LogP contribution in [0, 0.1) is 0 Å². The lowest BCUT2D eigenvalue weighted by atomic mass is 10.3. The maximum Gasteiger partial charge on any atom is 0.310 e. The van der Waals surface area contributed by atoms with Gasteiger partial charge in [0.1, 0.15) is 0 Å². The largest absolute Gasteiger partial charge is 0.469 e. The number of hydrogen-bond acceptors (Lipinski definition) is 3. The van der Waals surface area contributed by atoms with Crippen molar-refractivity contribution in [3.8, 4) is 0 Å². The molecule has 1 aromatic heterocycles. The Bertz CT molecular complexity index is 495. The third-order valence-electron chi connectivity index (χ3n) is 4.61. The summed E-state index contributed by atoms with van der Waals surface area (Å²) in [6.07, 6.45) is 12.2. The van der Waals surface area contributed by atoms with Crippen LogP contribution in [-0.2, 0) is 16.0 Å². The third kappa shape index (κ3) is 13.2. The lowest BCUT2D eigenvalue weighted by Crippen LogP contribution is -2.14. The molecule has 4 heteroatoms. The van der Waals surface area contributed by atoms with Crippen molar-refractivity contribution in [1.82, 2.24) is 0 Å². The van der Waals surface area contributed by atoms with Crippen LogP contribution in [-0.4, -0.2) is 30.3 Å². The summed E-state index contributed by atoms with van der Waals surface area (Å²) in [4.78, 5) is 12.7. The molecule has 0 radical (unpaired) electrons. The van der Waals surface area contributed by atoms with Gasteiger partial charge in [-0.3, -0.25) is 4.79 Å². The van der Waals surface area contributed by atoms with E-state index < -0.39 is 10.0 Å². The molecule has 0 saturated carbocycles. The second kappa shape index (κ2) is 20.5. The van der Waals surface area contributed by atoms with E-state index in [9.17, 15) is 4.79 Å². The first-order valence-electron chi connectivity index (χ1n) is 11.5. The van der Waals surface area contributed by atoms with Crippen molar-refractivity contribution in [2.75, 3.05) is 24.4 Å². The topological polar surface area (TPSA) is 26.3 Å². The van der Waals surface area contributed by atoms with E-state index >= 15 is 0 Å². The minimum Gasteiger partial charge on any atom is -0.469 e. The summed E-state index contributed by atoms with van der Waals surface area (Å²) in [6.45, 7) is 14.9. The molecule has 1 rings (SSSR count). The minimum atomic E-state index is -0.717.